The Hall–Kier alpha value is -8.97. The number of alkyl halides is 3. The van der Waals surface area contributed by atoms with Crippen LogP contribution in [-0.4, -0.2) is 114 Å². The number of rotatable bonds is 16. The number of anilines is 8. The van der Waals surface area contributed by atoms with Gasteiger partial charge < -0.3 is 39.0 Å². The molecular formula is C49H45F5N18O2. The Kier molecular flexibility index (Phi) is 14.3. The second-order valence-electron chi connectivity index (χ2n) is 16.9. The number of imidazole rings is 2. The SMILES string of the molecule is Cc1cn(-c2cc(Nc3ccc(/C=N/Nc4ncc(F)c(N5CCOC(Cc6cn(-c7cccc(Nc8ccc(/C=N/Nc9ncc(F)c(N%10CCOCC%10)n9)nc8)c7)cn6)C5)n4)nc3)cc(C(F)(F)F)c2)cn1. The lowest BCUT2D eigenvalue weighted by Crippen LogP contribution is -2.44. The summed E-state index contributed by atoms with van der Waals surface area (Å²) in [6, 6.07) is 18.4. The molecule has 1 atom stereocenters. The Labute approximate surface area is 419 Å². The largest absolute Gasteiger partial charge is 0.416 e. The third-order valence-corrected chi connectivity index (χ3v) is 11.5. The van der Waals surface area contributed by atoms with E-state index >= 15 is 4.39 Å². The van der Waals surface area contributed by atoms with E-state index in [0.717, 1.165) is 47.3 Å². The number of ether oxygens (including phenoxy) is 2. The van der Waals surface area contributed by atoms with Gasteiger partial charge in [0.25, 0.3) is 0 Å². The van der Waals surface area contributed by atoms with E-state index in [1.807, 2.05) is 41.1 Å². The topological polar surface area (TPSA) is 211 Å². The van der Waals surface area contributed by atoms with Crippen LogP contribution in [0, 0.1) is 18.6 Å². The van der Waals surface area contributed by atoms with Gasteiger partial charge in [-0.25, -0.2) is 39.6 Å². The van der Waals surface area contributed by atoms with E-state index in [2.05, 4.69) is 71.6 Å². The van der Waals surface area contributed by atoms with E-state index in [9.17, 15) is 17.6 Å². The summed E-state index contributed by atoms with van der Waals surface area (Å²) in [5, 5.41) is 14.7. The molecule has 8 aromatic rings. The number of aryl methyl sites for hydroxylation is 1. The van der Waals surface area contributed by atoms with Gasteiger partial charge in [-0.3, -0.25) is 9.97 Å². The van der Waals surface area contributed by atoms with E-state index < -0.39 is 23.4 Å². The second-order valence-corrected chi connectivity index (χ2v) is 16.9. The average Bonchev–Trinajstić information content (AvgIpc) is 4.07. The second kappa shape index (κ2) is 21.8. The van der Waals surface area contributed by atoms with Crippen molar-refractivity contribution in [3.63, 3.8) is 0 Å². The maximum absolute atomic E-state index is 15.2. The van der Waals surface area contributed by atoms with Crippen LogP contribution in [0.5, 0.6) is 0 Å². The van der Waals surface area contributed by atoms with E-state index in [-0.39, 0.29) is 35.3 Å². The Bertz CT molecular complexity index is 3270. The predicted molar refractivity (Wildman–Crippen MR) is 267 cm³/mol. The monoisotopic (exact) mass is 1010 g/mol. The van der Waals surface area contributed by atoms with Gasteiger partial charge >= 0.3 is 6.18 Å². The van der Waals surface area contributed by atoms with Crippen LogP contribution in [0.1, 0.15) is 28.3 Å². The van der Waals surface area contributed by atoms with E-state index in [1.54, 1.807) is 59.7 Å². The lowest BCUT2D eigenvalue weighted by molar-refractivity contribution is -0.137. The molecule has 378 valence electrons. The molecule has 20 nitrogen and oxygen atoms in total. The van der Waals surface area contributed by atoms with Crippen molar-refractivity contribution in [2.24, 2.45) is 10.2 Å². The summed E-state index contributed by atoms with van der Waals surface area (Å²) < 4.78 is 85.8. The Morgan fingerprint density at radius 2 is 1.27 bits per heavy atom. The lowest BCUT2D eigenvalue weighted by Gasteiger charge is -2.33. The van der Waals surface area contributed by atoms with Gasteiger partial charge in [0.1, 0.15) is 0 Å². The zero-order valence-electron chi connectivity index (χ0n) is 39.3. The summed E-state index contributed by atoms with van der Waals surface area (Å²) in [5.41, 5.74) is 10.5. The smallest absolute Gasteiger partial charge is 0.378 e. The third-order valence-electron chi connectivity index (χ3n) is 11.5. The minimum Gasteiger partial charge on any atom is -0.378 e. The van der Waals surface area contributed by atoms with Crippen molar-refractivity contribution in [1.82, 2.24) is 49.0 Å². The first-order valence-electron chi connectivity index (χ1n) is 23.1. The molecule has 2 aliphatic rings. The van der Waals surface area contributed by atoms with Gasteiger partial charge in [-0.05, 0) is 67.6 Å². The van der Waals surface area contributed by atoms with Crippen LogP contribution in [0.15, 0.2) is 127 Å². The van der Waals surface area contributed by atoms with E-state index in [0.29, 0.717) is 80.9 Å². The van der Waals surface area contributed by atoms with Gasteiger partial charge in [-0.15, -0.1) is 0 Å². The maximum Gasteiger partial charge on any atom is 0.416 e. The molecule has 2 saturated heterocycles. The summed E-state index contributed by atoms with van der Waals surface area (Å²) in [4.78, 5) is 37.8. The summed E-state index contributed by atoms with van der Waals surface area (Å²) in [5.74, 6) is -0.639. The van der Waals surface area contributed by atoms with Crippen LogP contribution in [0.3, 0.4) is 0 Å². The van der Waals surface area contributed by atoms with Gasteiger partial charge in [-0.2, -0.15) is 33.3 Å². The summed E-state index contributed by atoms with van der Waals surface area (Å²) in [7, 11) is 0. The van der Waals surface area contributed by atoms with Crippen LogP contribution in [-0.2, 0) is 22.1 Å². The minimum absolute atomic E-state index is 0.0487. The normalized spacial score (nSPS) is 15.2. The molecule has 1 unspecified atom stereocenters. The molecule has 8 heterocycles. The fourth-order valence-electron chi connectivity index (χ4n) is 7.98. The third kappa shape index (κ3) is 12.2. The number of pyridine rings is 2. The number of aromatic nitrogens is 10. The van der Waals surface area contributed by atoms with Crippen LogP contribution < -0.4 is 31.3 Å². The molecule has 2 fully saturated rings. The molecule has 0 radical (unpaired) electrons. The molecule has 0 bridgehead atoms. The zero-order chi connectivity index (χ0) is 51.0. The highest BCUT2D eigenvalue weighted by Gasteiger charge is 2.32. The zero-order valence-corrected chi connectivity index (χ0v) is 39.3. The quantitative estimate of drug-likeness (QED) is 0.0415. The maximum atomic E-state index is 15.2. The van der Waals surface area contributed by atoms with Crippen LogP contribution in [0.25, 0.3) is 11.4 Å². The molecular weight excluding hydrogens is 968 g/mol. The number of hydrogen-bond acceptors (Lipinski definition) is 18. The highest BCUT2D eigenvalue weighted by molar-refractivity contribution is 5.79. The van der Waals surface area contributed by atoms with Gasteiger partial charge in [0, 0.05) is 67.7 Å². The number of halogens is 5. The number of morpholine rings is 2. The highest BCUT2D eigenvalue weighted by Crippen LogP contribution is 2.34. The summed E-state index contributed by atoms with van der Waals surface area (Å²) in [6.07, 6.45) is 10.6. The first-order valence-corrected chi connectivity index (χ1v) is 23.1. The highest BCUT2D eigenvalue weighted by atomic mass is 19.4. The molecule has 25 heteroatoms. The number of nitrogens with zero attached hydrogens (tertiary/aromatic N) is 14. The first kappa shape index (κ1) is 48.6. The van der Waals surface area contributed by atoms with Crippen molar-refractivity contribution in [1.29, 1.82) is 0 Å². The van der Waals surface area contributed by atoms with Gasteiger partial charge in [0.15, 0.2) is 23.3 Å². The molecule has 0 saturated carbocycles. The molecule has 0 amide bonds. The summed E-state index contributed by atoms with van der Waals surface area (Å²) in [6.45, 7) is 4.88. The molecule has 0 aliphatic carbocycles. The molecule has 2 aromatic carbocycles. The lowest BCUT2D eigenvalue weighted by atomic mass is 10.1. The van der Waals surface area contributed by atoms with Crippen molar-refractivity contribution >= 4 is 58.7 Å². The van der Waals surface area contributed by atoms with E-state index in [4.69, 9.17) is 9.47 Å². The number of benzene rings is 2. The molecule has 74 heavy (non-hydrogen) atoms. The van der Waals surface area contributed by atoms with Gasteiger partial charge in [0.2, 0.25) is 11.9 Å². The number of nitrogens with one attached hydrogen (secondary N) is 4. The predicted octanol–water partition coefficient (Wildman–Crippen LogP) is 7.70. The van der Waals surface area contributed by atoms with Gasteiger partial charge in [0.05, 0.1) is 116 Å². The van der Waals surface area contributed by atoms with Gasteiger partial charge in [-0.1, -0.05) is 6.07 Å². The molecule has 4 N–H and O–H groups in total. The van der Waals surface area contributed by atoms with Crippen molar-refractivity contribution in [3.05, 3.63) is 157 Å². The molecule has 6 aromatic heterocycles. The molecule has 10 rings (SSSR count). The van der Waals surface area contributed by atoms with Crippen LogP contribution in [0.4, 0.5) is 68.2 Å². The van der Waals surface area contributed by atoms with Crippen molar-refractivity contribution in [3.8, 4) is 11.4 Å². The molecule has 2 aliphatic heterocycles. The standard InChI is InChI=1S/C49H45F5N18O2/c1-31-26-71(29-59-31)41-16-32(49(52,53)54)15-38(18-41)64-37-8-6-35(56-21-37)23-62-68-48-58-25-44(51)46(66-48)70-11-14-74-42(28-70)19-39-27-72(30-60-39)40-4-2-3-33(17-40)63-36-7-5-34(55-20-36)22-61-67-47-57-24-43(50)45(65-47)69-9-12-73-13-10-69/h2-8,15-18,20-27,29-30,42,63-64H,9-14,19,28H2,1H3,(H,57,65,67)(H,58,66,68)/b61-22+,62-23+. The summed E-state index contributed by atoms with van der Waals surface area (Å²) >= 11 is 0. The fourth-order valence-corrected chi connectivity index (χ4v) is 7.98. The van der Waals surface area contributed by atoms with Crippen molar-refractivity contribution in [2.75, 3.05) is 77.3 Å². The van der Waals surface area contributed by atoms with Crippen molar-refractivity contribution in [2.45, 2.75) is 25.6 Å². The fraction of sp³-hybridized carbons (Fsp3) is 0.224. The Morgan fingerprint density at radius 1 is 0.649 bits per heavy atom. The van der Waals surface area contributed by atoms with E-state index in [1.165, 1.54) is 29.5 Å². The Morgan fingerprint density at radius 3 is 1.91 bits per heavy atom. The average molecular weight is 1010 g/mol. The number of hydrogen-bond donors (Lipinski definition) is 4. The number of hydrazone groups is 2. The minimum atomic E-state index is -4.56. The Balaban J connectivity index is 0.708. The van der Waals surface area contributed by atoms with Crippen LogP contribution in [0.2, 0.25) is 0 Å². The first-order chi connectivity index (χ1) is 35.9. The molecule has 0 spiro atoms. The van der Waals surface area contributed by atoms with Crippen LogP contribution >= 0.6 is 0 Å². The van der Waals surface area contributed by atoms with Crippen molar-refractivity contribution < 1.29 is 31.4 Å².